The van der Waals surface area contributed by atoms with E-state index in [1.54, 1.807) is 25.9 Å². The zero-order valence-electron chi connectivity index (χ0n) is 21.4. The molecule has 11 nitrogen and oxygen atoms in total. The lowest BCUT2D eigenvalue weighted by atomic mass is 9.73. The third-order valence-electron chi connectivity index (χ3n) is 7.71. The van der Waals surface area contributed by atoms with E-state index in [4.69, 9.17) is 9.47 Å². The van der Waals surface area contributed by atoms with Gasteiger partial charge in [-0.05, 0) is 34.0 Å². The Morgan fingerprint density at radius 2 is 1.66 bits per heavy atom. The van der Waals surface area contributed by atoms with Crippen molar-refractivity contribution < 1.29 is 49.7 Å². The van der Waals surface area contributed by atoms with Crippen LogP contribution in [0.2, 0.25) is 0 Å². The first kappa shape index (κ1) is 26.5. The van der Waals surface area contributed by atoms with E-state index in [0.717, 1.165) is 0 Å². The molecule has 0 saturated carbocycles. The summed E-state index contributed by atoms with van der Waals surface area (Å²) in [5, 5.41) is 64.7. The van der Waals surface area contributed by atoms with Crippen LogP contribution in [0.1, 0.15) is 69.3 Å². The Morgan fingerprint density at radius 1 is 1.00 bits per heavy atom. The number of fused-ring (bicyclic) bond motifs is 3. The molecule has 3 aliphatic rings. The molecule has 1 saturated heterocycles. The zero-order chi connectivity index (χ0) is 27.8. The number of likely N-dealkylation sites (N-methyl/N-ethyl adjacent to an activating group) is 1. The lowest BCUT2D eigenvalue weighted by Gasteiger charge is -2.44. The number of aliphatic hydroxyl groups is 4. The maximum atomic E-state index is 13.8. The van der Waals surface area contributed by atoms with Crippen LogP contribution in [0.25, 0.3) is 0 Å². The summed E-state index contributed by atoms with van der Waals surface area (Å²) < 4.78 is 11.6. The molecule has 2 aliphatic carbocycles. The fourth-order valence-electron chi connectivity index (χ4n) is 5.90. The third kappa shape index (κ3) is 3.89. The highest BCUT2D eigenvalue weighted by Gasteiger charge is 2.47. The van der Waals surface area contributed by atoms with E-state index in [0.29, 0.717) is 0 Å². The quantitative estimate of drug-likeness (QED) is 0.259. The number of ketones is 2. The maximum Gasteiger partial charge on any atom is 0.228 e. The molecule has 38 heavy (non-hydrogen) atoms. The molecule has 1 unspecified atom stereocenters. The number of hydrogen-bond donors (Lipinski definition) is 6. The Morgan fingerprint density at radius 3 is 2.32 bits per heavy atom. The number of nitrogens with zero attached hydrogens (tertiary/aromatic N) is 1. The topological polar surface area (TPSA) is 177 Å². The first-order chi connectivity index (χ1) is 17.7. The van der Waals surface area contributed by atoms with Crippen molar-refractivity contribution >= 4 is 11.6 Å². The second-order valence-corrected chi connectivity index (χ2v) is 10.8. The van der Waals surface area contributed by atoms with Crippen LogP contribution in [-0.2, 0) is 11.2 Å². The summed E-state index contributed by atoms with van der Waals surface area (Å²) in [5.74, 6) is -2.90. The summed E-state index contributed by atoms with van der Waals surface area (Å²) in [7, 11) is 3.36. The van der Waals surface area contributed by atoms with Crippen LogP contribution in [0, 0.1) is 0 Å². The fraction of sp³-hybridized carbons (Fsp3) is 0.481. The predicted molar refractivity (Wildman–Crippen MR) is 131 cm³/mol. The van der Waals surface area contributed by atoms with Crippen LogP contribution in [0.5, 0.6) is 17.2 Å². The predicted octanol–water partition coefficient (Wildman–Crippen LogP) is 0.379. The van der Waals surface area contributed by atoms with E-state index in [1.807, 2.05) is 0 Å². The molecule has 0 spiro atoms. The average molecular weight is 530 g/mol. The van der Waals surface area contributed by atoms with E-state index in [1.165, 1.54) is 25.1 Å². The maximum absolute atomic E-state index is 13.8. The summed E-state index contributed by atoms with van der Waals surface area (Å²) in [6, 6.07) is 3.50. The summed E-state index contributed by atoms with van der Waals surface area (Å²) in [5.41, 5.74) is -2.70. The molecule has 1 aliphatic heterocycles. The molecule has 5 rings (SSSR count). The normalized spacial score (nSPS) is 32.6. The number of aliphatic hydroxyl groups excluding tert-OH is 3. The second kappa shape index (κ2) is 9.01. The van der Waals surface area contributed by atoms with Crippen LogP contribution in [-0.4, -0.2) is 97.4 Å². The molecule has 11 heteroatoms. The minimum absolute atomic E-state index is 0.00278. The molecule has 2 aromatic carbocycles. The Hall–Kier alpha value is -3.06. The third-order valence-corrected chi connectivity index (χ3v) is 7.71. The number of benzene rings is 2. The number of phenols is 2. The highest BCUT2D eigenvalue weighted by molar-refractivity contribution is 6.31. The van der Waals surface area contributed by atoms with Crippen LogP contribution in [0.4, 0.5) is 0 Å². The van der Waals surface area contributed by atoms with Crippen molar-refractivity contribution in [3.63, 3.8) is 0 Å². The van der Waals surface area contributed by atoms with Crippen molar-refractivity contribution in [2.45, 2.75) is 69.0 Å². The minimum atomic E-state index is -1.40. The van der Waals surface area contributed by atoms with Gasteiger partial charge < -0.3 is 45.0 Å². The van der Waals surface area contributed by atoms with E-state index in [9.17, 15) is 40.2 Å². The largest absolute Gasteiger partial charge is 0.507 e. The lowest BCUT2D eigenvalue weighted by Crippen LogP contribution is -2.63. The lowest BCUT2D eigenvalue weighted by molar-refractivity contribution is -0.252. The number of rotatable bonds is 3. The Balaban J connectivity index is 1.61. The average Bonchev–Trinajstić information content (AvgIpc) is 2.82. The molecular weight excluding hydrogens is 498 g/mol. The molecule has 0 amide bonds. The van der Waals surface area contributed by atoms with Crippen molar-refractivity contribution in [2.75, 3.05) is 14.1 Å². The van der Waals surface area contributed by atoms with Gasteiger partial charge in [-0.25, -0.2) is 0 Å². The molecule has 0 radical (unpaired) electrons. The fourth-order valence-corrected chi connectivity index (χ4v) is 5.90. The number of ether oxygens (including phenoxy) is 2. The molecule has 0 bridgehead atoms. The Bertz CT molecular complexity index is 1340. The first-order valence-corrected chi connectivity index (χ1v) is 12.3. The van der Waals surface area contributed by atoms with Crippen molar-refractivity contribution in [1.82, 2.24) is 4.90 Å². The molecule has 1 fully saturated rings. The minimum Gasteiger partial charge on any atom is -0.507 e. The smallest absolute Gasteiger partial charge is 0.228 e. The van der Waals surface area contributed by atoms with Gasteiger partial charge in [-0.1, -0.05) is 12.1 Å². The van der Waals surface area contributed by atoms with Crippen LogP contribution >= 0.6 is 0 Å². The molecule has 2 aromatic rings. The molecule has 0 aromatic heterocycles. The van der Waals surface area contributed by atoms with Crippen LogP contribution in [0.15, 0.2) is 18.2 Å². The van der Waals surface area contributed by atoms with E-state index in [-0.39, 0.29) is 40.8 Å². The SMILES string of the molecule is C[C@@H]1O[C@@H](Oc2cccc3c2C(=O)c2c(O)c4c(c(O)c2C3=O)C[C@](C)(O)C[C@@H]4O)[C@@H](O)C(N(C)C)[C@@H]1O. The Labute approximate surface area is 218 Å². The molecule has 7 atom stereocenters. The first-order valence-electron chi connectivity index (χ1n) is 12.3. The van der Waals surface area contributed by atoms with Gasteiger partial charge in [-0.2, -0.15) is 0 Å². The summed E-state index contributed by atoms with van der Waals surface area (Å²) in [6.45, 7) is 3.07. The van der Waals surface area contributed by atoms with Gasteiger partial charge in [0.25, 0.3) is 0 Å². The molecule has 204 valence electrons. The summed E-state index contributed by atoms with van der Waals surface area (Å²) >= 11 is 0. The number of carbonyl (C=O) groups excluding carboxylic acids is 2. The number of aromatic hydroxyl groups is 2. The molecule has 1 heterocycles. The van der Waals surface area contributed by atoms with Gasteiger partial charge in [0, 0.05) is 29.5 Å². The monoisotopic (exact) mass is 529 g/mol. The van der Waals surface area contributed by atoms with Crippen molar-refractivity contribution in [1.29, 1.82) is 0 Å². The highest BCUT2D eigenvalue weighted by Crippen LogP contribution is 2.50. The van der Waals surface area contributed by atoms with Gasteiger partial charge in [0.15, 0.2) is 5.78 Å². The molecule has 6 N–H and O–H groups in total. The van der Waals surface area contributed by atoms with E-state index < -0.39 is 76.5 Å². The summed E-state index contributed by atoms with van der Waals surface area (Å²) in [4.78, 5) is 29.0. The summed E-state index contributed by atoms with van der Waals surface area (Å²) in [6.07, 6.45) is -6.03. The van der Waals surface area contributed by atoms with Crippen molar-refractivity contribution in [3.8, 4) is 17.2 Å². The number of phenolic OH excluding ortho intramolecular Hbond substituents is 2. The van der Waals surface area contributed by atoms with Gasteiger partial charge in [0.2, 0.25) is 12.1 Å². The van der Waals surface area contributed by atoms with Crippen molar-refractivity contribution in [2.24, 2.45) is 0 Å². The standard InChI is InChI=1S/C27H31NO10/c1-10-20(30)19(28(3)4)25(35)26(37-10)38-14-7-5-6-11-16(14)24(34)18-17(21(11)31)22(32)12-8-27(2,36)9-13(29)15(12)23(18)33/h5-7,10,13,19-20,25-26,29-30,32-33,35-36H,8-9H2,1-4H3/t10-,13-,19?,20+,25-,26-,27-/m0/s1. The van der Waals surface area contributed by atoms with Crippen molar-refractivity contribution in [3.05, 3.63) is 51.6 Å². The number of hydrogen-bond acceptors (Lipinski definition) is 11. The highest BCUT2D eigenvalue weighted by atomic mass is 16.7. The van der Waals surface area contributed by atoms with Crippen LogP contribution in [0.3, 0.4) is 0 Å². The van der Waals surface area contributed by atoms with Gasteiger partial charge in [-0.15, -0.1) is 0 Å². The van der Waals surface area contributed by atoms with Gasteiger partial charge >= 0.3 is 0 Å². The second-order valence-electron chi connectivity index (χ2n) is 10.8. The molecular formula is C27H31NO10. The van der Waals surface area contributed by atoms with E-state index in [2.05, 4.69) is 0 Å². The van der Waals surface area contributed by atoms with Gasteiger partial charge in [0.05, 0.1) is 46.6 Å². The zero-order valence-corrected chi connectivity index (χ0v) is 21.4. The number of carbonyl (C=O) groups is 2. The van der Waals surface area contributed by atoms with E-state index >= 15 is 0 Å². The Kier molecular flexibility index (Phi) is 6.29. The van der Waals surface area contributed by atoms with Gasteiger partial charge in [0.1, 0.15) is 23.4 Å². The van der Waals surface area contributed by atoms with Crippen LogP contribution < -0.4 is 4.74 Å². The van der Waals surface area contributed by atoms with Gasteiger partial charge in [-0.3, -0.25) is 9.59 Å².